The van der Waals surface area contributed by atoms with Gasteiger partial charge < -0.3 is 10.1 Å². The van der Waals surface area contributed by atoms with Gasteiger partial charge in [0.25, 0.3) is 0 Å². The maximum Gasteiger partial charge on any atom is 0.522 e. The van der Waals surface area contributed by atoms with Crippen LogP contribution in [0, 0.1) is 17.3 Å². The van der Waals surface area contributed by atoms with Crippen molar-refractivity contribution in [1.29, 1.82) is 0 Å². The molecule has 0 aromatic carbocycles. The van der Waals surface area contributed by atoms with Crippen LogP contribution in [0.4, 0.5) is 26.3 Å². The first-order valence-corrected chi connectivity index (χ1v) is 10.7. The molecule has 0 radical (unpaired) electrons. The number of amides is 3. The fraction of sp³-hybridized carbons (Fsp3) is 0.842. The summed E-state index contributed by atoms with van der Waals surface area (Å²) in [6.45, 7) is -0.935. The smallest absolute Gasteiger partial charge is 0.368 e. The molecule has 0 aromatic heterocycles. The summed E-state index contributed by atoms with van der Waals surface area (Å²) >= 11 is 0. The van der Waals surface area contributed by atoms with Gasteiger partial charge in [-0.2, -0.15) is 0 Å². The first-order chi connectivity index (χ1) is 15.7. The number of halogens is 6. The molecule has 5 fully saturated rings. The second-order valence-corrected chi connectivity index (χ2v) is 9.53. The summed E-state index contributed by atoms with van der Waals surface area (Å²) in [5.74, 6) is -2.69. The minimum absolute atomic E-state index is 0.0455. The van der Waals surface area contributed by atoms with Crippen molar-refractivity contribution in [2.45, 2.75) is 69.0 Å². The summed E-state index contributed by atoms with van der Waals surface area (Å²) in [7, 11) is 0. The van der Waals surface area contributed by atoms with Crippen molar-refractivity contribution in [3.05, 3.63) is 0 Å². The van der Waals surface area contributed by atoms with Crippen LogP contribution in [0.3, 0.4) is 0 Å². The van der Waals surface area contributed by atoms with E-state index in [0.29, 0.717) is 19.3 Å². The zero-order chi connectivity index (χ0) is 24.9. The lowest BCUT2D eigenvalue weighted by Gasteiger charge is -2.68. The normalized spacial score (nSPS) is 35.8. The number of ether oxygens (including phenoxy) is 3. The van der Waals surface area contributed by atoms with Crippen LogP contribution in [0.2, 0.25) is 0 Å². The molecule has 2 atom stereocenters. The fourth-order valence-electron chi connectivity index (χ4n) is 4.92. The fourth-order valence-corrected chi connectivity index (χ4v) is 4.92. The Balaban J connectivity index is 1.07. The molecular weight excluding hydrogens is 480 g/mol. The molecule has 2 bridgehead atoms. The van der Waals surface area contributed by atoms with Crippen LogP contribution < -0.4 is 16.2 Å². The van der Waals surface area contributed by atoms with E-state index in [-0.39, 0.29) is 25.9 Å². The van der Waals surface area contributed by atoms with Gasteiger partial charge in [-0.1, -0.05) is 0 Å². The summed E-state index contributed by atoms with van der Waals surface area (Å²) in [5, 5.41) is 2.77. The van der Waals surface area contributed by atoms with Crippen molar-refractivity contribution in [2.24, 2.45) is 17.3 Å². The molecule has 0 heterocycles. The Morgan fingerprint density at radius 2 is 1.53 bits per heavy atom. The highest BCUT2D eigenvalue weighted by molar-refractivity contribution is 5.91. The molecule has 5 aliphatic carbocycles. The molecule has 34 heavy (non-hydrogen) atoms. The van der Waals surface area contributed by atoms with Crippen LogP contribution in [0.5, 0.6) is 0 Å². The predicted molar refractivity (Wildman–Crippen MR) is 96.9 cm³/mol. The number of hydrazine groups is 1. The monoisotopic (exact) mass is 503 g/mol. The highest BCUT2D eigenvalue weighted by Crippen LogP contribution is 2.67. The van der Waals surface area contributed by atoms with Gasteiger partial charge >= 0.3 is 12.7 Å². The molecule has 3 N–H and O–H groups in total. The maximum absolute atomic E-state index is 12.4. The van der Waals surface area contributed by atoms with Crippen molar-refractivity contribution in [3.63, 3.8) is 0 Å². The number of rotatable bonds is 9. The number of hydrogen-bond acceptors (Lipinski definition) is 6. The molecule has 5 saturated carbocycles. The Morgan fingerprint density at radius 3 is 2.12 bits per heavy atom. The second-order valence-electron chi connectivity index (χ2n) is 9.53. The van der Waals surface area contributed by atoms with Gasteiger partial charge in [-0.05, 0) is 31.6 Å². The van der Waals surface area contributed by atoms with E-state index in [9.17, 15) is 40.7 Å². The Labute approximate surface area is 189 Å². The Hall–Kier alpha value is -2.13. The quantitative estimate of drug-likeness (QED) is 0.324. The van der Waals surface area contributed by atoms with E-state index in [0.717, 1.165) is 0 Å². The molecule has 5 aliphatic rings. The molecule has 3 amide bonds. The first-order valence-electron chi connectivity index (χ1n) is 10.7. The summed E-state index contributed by atoms with van der Waals surface area (Å²) < 4.78 is 85.1. The molecule has 0 saturated heterocycles. The van der Waals surface area contributed by atoms with Crippen molar-refractivity contribution >= 4 is 17.7 Å². The largest absolute Gasteiger partial charge is 0.522 e. The summed E-state index contributed by atoms with van der Waals surface area (Å²) in [6.07, 6.45) is -9.54. The van der Waals surface area contributed by atoms with Crippen LogP contribution in [0.1, 0.15) is 38.5 Å². The maximum atomic E-state index is 12.4. The number of alkyl halides is 6. The van der Waals surface area contributed by atoms with Crippen molar-refractivity contribution in [1.82, 2.24) is 16.2 Å². The minimum atomic E-state index is -4.76. The van der Waals surface area contributed by atoms with Crippen LogP contribution in [-0.2, 0) is 28.6 Å². The van der Waals surface area contributed by atoms with Gasteiger partial charge in [0.2, 0.25) is 17.7 Å². The molecule has 192 valence electrons. The second kappa shape index (κ2) is 8.52. The Kier molecular flexibility index (Phi) is 6.26. The molecule has 9 nitrogen and oxygen atoms in total. The van der Waals surface area contributed by atoms with Crippen molar-refractivity contribution < 1.29 is 54.9 Å². The third-order valence-corrected chi connectivity index (χ3v) is 6.74. The summed E-state index contributed by atoms with van der Waals surface area (Å²) in [4.78, 5) is 36.4. The lowest BCUT2D eigenvalue weighted by atomic mass is 9.39. The highest BCUT2D eigenvalue weighted by Gasteiger charge is 2.72. The number of nitrogens with one attached hydrogen (secondary N) is 3. The Bertz CT molecular complexity index is 824. The van der Waals surface area contributed by atoms with Crippen LogP contribution in [0.15, 0.2) is 0 Å². The highest BCUT2D eigenvalue weighted by atomic mass is 19.4. The van der Waals surface area contributed by atoms with Gasteiger partial charge in [0.05, 0.1) is 24.2 Å². The van der Waals surface area contributed by atoms with Gasteiger partial charge in [-0.3, -0.25) is 34.7 Å². The predicted octanol–water partition coefficient (Wildman–Crippen LogP) is 1.43. The average molecular weight is 503 g/mol. The molecule has 0 spiro atoms. The first kappa shape index (κ1) is 25.0. The van der Waals surface area contributed by atoms with Crippen LogP contribution in [-0.4, -0.2) is 61.4 Å². The standard InChI is InChI=1S/C19H23F6N3O6/c20-18(21,22)33-4-9-1-12(9)14(30)27-28-15(31)16-6-17(7-16,8-16)26-13(29)5-32-10-2-11(3-10)34-19(23,24)25/h9-12H,1-8H2,(H,26,29)(H,27,30)(H,28,31)/t9-,10?,11?,12+,16?,17?/m0/s1. The van der Waals surface area contributed by atoms with E-state index in [2.05, 4.69) is 25.6 Å². The van der Waals surface area contributed by atoms with Gasteiger partial charge in [-0.15, -0.1) is 26.3 Å². The molecule has 0 unspecified atom stereocenters. The van der Waals surface area contributed by atoms with Gasteiger partial charge in [0.1, 0.15) is 6.61 Å². The zero-order valence-electron chi connectivity index (χ0n) is 17.7. The van der Waals surface area contributed by atoms with Crippen molar-refractivity contribution in [3.8, 4) is 0 Å². The van der Waals surface area contributed by atoms with Gasteiger partial charge in [0, 0.05) is 24.3 Å². The van der Waals surface area contributed by atoms with Gasteiger partial charge in [0.15, 0.2) is 0 Å². The van der Waals surface area contributed by atoms with E-state index in [1.54, 1.807) is 0 Å². The molecule has 0 aromatic rings. The molecule has 5 rings (SSSR count). The van der Waals surface area contributed by atoms with Gasteiger partial charge in [-0.25, -0.2) is 0 Å². The van der Waals surface area contributed by atoms with Crippen LogP contribution in [0.25, 0.3) is 0 Å². The molecular formula is C19H23F6N3O6. The number of hydrogen-bond donors (Lipinski definition) is 3. The topological polar surface area (TPSA) is 115 Å². The number of carbonyl (C=O) groups is 3. The third kappa shape index (κ3) is 5.74. The molecule has 0 aliphatic heterocycles. The van der Waals surface area contributed by atoms with E-state index in [1.807, 2.05) is 0 Å². The van der Waals surface area contributed by atoms with Crippen LogP contribution >= 0.6 is 0 Å². The van der Waals surface area contributed by atoms with E-state index < -0.39 is 72.1 Å². The SMILES string of the molecule is O=C(COC1CC(OC(F)(F)F)C1)NC12CC(C(=O)NNC(=O)[C@@H]3C[C@H]3COC(F)(F)F)(C1)C2. The minimum Gasteiger partial charge on any atom is -0.368 e. The zero-order valence-corrected chi connectivity index (χ0v) is 17.7. The lowest BCUT2D eigenvalue weighted by molar-refractivity contribution is -0.357. The summed E-state index contributed by atoms with van der Waals surface area (Å²) in [6, 6.07) is 0. The molecule has 15 heteroatoms. The van der Waals surface area contributed by atoms with E-state index >= 15 is 0 Å². The third-order valence-electron chi connectivity index (χ3n) is 6.74. The lowest BCUT2D eigenvalue weighted by Crippen LogP contribution is -2.79. The van der Waals surface area contributed by atoms with Crippen molar-refractivity contribution in [2.75, 3.05) is 13.2 Å². The average Bonchev–Trinajstić information content (AvgIpc) is 3.39. The Morgan fingerprint density at radius 1 is 0.882 bits per heavy atom. The number of carbonyl (C=O) groups excluding carboxylic acids is 3. The summed E-state index contributed by atoms with van der Waals surface area (Å²) in [5.41, 5.74) is 3.22. The van der Waals surface area contributed by atoms with E-state index in [1.165, 1.54) is 0 Å². The van der Waals surface area contributed by atoms with E-state index in [4.69, 9.17) is 4.74 Å².